The first-order chi connectivity index (χ1) is 12.1. The topological polar surface area (TPSA) is 67.4 Å². The van der Waals surface area contributed by atoms with Gasteiger partial charge in [0.15, 0.2) is 0 Å². The van der Waals surface area contributed by atoms with Gasteiger partial charge in [-0.05, 0) is 60.9 Å². The van der Waals surface area contributed by atoms with E-state index in [0.29, 0.717) is 32.3 Å². The number of fused-ring (bicyclic) bond motifs is 1. The van der Waals surface area contributed by atoms with Gasteiger partial charge < -0.3 is 15.4 Å². The Hall–Kier alpha value is -2.34. The van der Waals surface area contributed by atoms with Gasteiger partial charge in [0.05, 0.1) is 6.61 Å². The van der Waals surface area contributed by atoms with Gasteiger partial charge in [-0.2, -0.15) is 0 Å². The molecule has 25 heavy (non-hydrogen) atoms. The Balaban J connectivity index is 1.43. The molecule has 1 heterocycles. The number of aryl methyl sites for hydroxylation is 1. The molecule has 0 saturated heterocycles. The molecular formula is C19H19BrN2O3. The first-order valence-electron chi connectivity index (χ1n) is 8.21. The highest BCUT2D eigenvalue weighted by atomic mass is 79.9. The maximum absolute atomic E-state index is 12.0. The number of hydrogen-bond donors (Lipinski definition) is 2. The maximum Gasteiger partial charge on any atom is 0.224 e. The lowest BCUT2D eigenvalue weighted by Gasteiger charge is -2.17. The van der Waals surface area contributed by atoms with E-state index in [1.54, 1.807) is 6.07 Å². The molecule has 2 amide bonds. The van der Waals surface area contributed by atoms with E-state index in [9.17, 15) is 9.59 Å². The van der Waals surface area contributed by atoms with Crippen LogP contribution in [0.5, 0.6) is 5.75 Å². The predicted octanol–water partition coefficient (Wildman–Crippen LogP) is 4.13. The molecule has 1 aliphatic rings. The number of benzene rings is 2. The second-order valence-electron chi connectivity index (χ2n) is 5.87. The Morgan fingerprint density at radius 1 is 1.16 bits per heavy atom. The van der Waals surface area contributed by atoms with Gasteiger partial charge >= 0.3 is 0 Å². The van der Waals surface area contributed by atoms with Crippen LogP contribution in [-0.2, 0) is 16.0 Å². The molecule has 2 N–H and O–H groups in total. The fraction of sp³-hybridized carbons (Fsp3) is 0.263. The Morgan fingerprint density at radius 2 is 1.96 bits per heavy atom. The fourth-order valence-electron chi connectivity index (χ4n) is 2.64. The zero-order valence-electron chi connectivity index (χ0n) is 13.7. The molecule has 1 aliphatic heterocycles. The number of hydrogen-bond acceptors (Lipinski definition) is 3. The van der Waals surface area contributed by atoms with Crippen LogP contribution in [0.2, 0.25) is 0 Å². The summed E-state index contributed by atoms with van der Waals surface area (Å²) in [6.45, 7) is 0.491. The van der Waals surface area contributed by atoms with Crippen molar-refractivity contribution in [3.8, 4) is 5.75 Å². The van der Waals surface area contributed by atoms with Crippen LogP contribution < -0.4 is 15.4 Å². The number of amides is 2. The van der Waals surface area contributed by atoms with Gasteiger partial charge in [0, 0.05) is 28.7 Å². The number of carbonyl (C=O) groups excluding carboxylic acids is 2. The zero-order chi connectivity index (χ0) is 17.6. The molecule has 0 fully saturated rings. The van der Waals surface area contributed by atoms with Gasteiger partial charge in [0.25, 0.3) is 0 Å². The number of nitrogens with one attached hydrogen (secondary N) is 2. The molecule has 0 bridgehead atoms. The molecule has 0 aliphatic carbocycles. The Morgan fingerprint density at radius 3 is 2.76 bits per heavy atom. The van der Waals surface area contributed by atoms with Crippen molar-refractivity contribution in [3.63, 3.8) is 0 Å². The number of halogens is 1. The second-order valence-corrected chi connectivity index (χ2v) is 6.79. The Bertz CT molecular complexity index is 775. The van der Waals surface area contributed by atoms with Crippen LogP contribution in [-0.4, -0.2) is 18.4 Å². The van der Waals surface area contributed by atoms with Crippen LogP contribution in [0.25, 0.3) is 0 Å². The molecule has 0 atom stereocenters. The largest absolute Gasteiger partial charge is 0.494 e. The van der Waals surface area contributed by atoms with Gasteiger partial charge in [0.1, 0.15) is 5.75 Å². The summed E-state index contributed by atoms with van der Waals surface area (Å²) in [6.07, 6.45) is 2.22. The Labute approximate surface area is 154 Å². The summed E-state index contributed by atoms with van der Waals surface area (Å²) in [5.41, 5.74) is 2.64. The summed E-state index contributed by atoms with van der Waals surface area (Å²) in [6, 6.07) is 13.2. The Kier molecular flexibility index (Phi) is 5.71. The third-order valence-corrected chi connectivity index (χ3v) is 4.44. The number of rotatable bonds is 6. The molecule has 2 aromatic carbocycles. The monoisotopic (exact) mass is 402 g/mol. The van der Waals surface area contributed by atoms with Crippen molar-refractivity contribution in [2.24, 2.45) is 0 Å². The summed E-state index contributed by atoms with van der Waals surface area (Å²) in [4.78, 5) is 23.4. The average Bonchev–Trinajstić information content (AvgIpc) is 2.60. The molecule has 5 nitrogen and oxygen atoms in total. The van der Waals surface area contributed by atoms with Gasteiger partial charge in [-0.1, -0.05) is 15.9 Å². The highest BCUT2D eigenvalue weighted by Crippen LogP contribution is 2.25. The van der Waals surface area contributed by atoms with E-state index >= 15 is 0 Å². The van der Waals surface area contributed by atoms with Crippen molar-refractivity contribution >= 4 is 39.1 Å². The lowest BCUT2D eigenvalue weighted by molar-refractivity contribution is -0.117. The van der Waals surface area contributed by atoms with E-state index in [2.05, 4.69) is 26.6 Å². The molecule has 0 unspecified atom stereocenters. The highest BCUT2D eigenvalue weighted by molar-refractivity contribution is 9.10. The average molecular weight is 403 g/mol. The van der Waals surface area contributed by atoms with E-state index in [-0.39, 0.29) is 11.8 Å². The summed E-state index contributed by atoms with van der Waals surface area (Å²) < 4.78 is 6.61. The lowest BCUT2D eigenvalue weighted by Crippen LogP contribution is -2.19. The van der Waals surface area contributed by atoms with Crippen molar-refractivity contribution < 1.29 is 14.3 Å². The molecule has 130 valence electrons. The predicted molar refractivity (Wildman–Crippen MR) is 101 cm³/mol. The molecule has 3 rings (SSSR count). The molecule has 0 saturated carbocycles. The molecule has 0 radical (unpaired) electrons. The maximum atomic E-state index is 12.0. The lowest BCUT2D eigenvalue weighted by atomic mass is 10.0. The van der Waals surface area contributed by atoms with Crippen molar-refractivity contribution in [3.05, 3.63) is 52.5 Å². The van der Waals surface area contributed by atoms with Gasteiger partial charge in [-0.25, -0.2) is 0 Å². The minimum absolute atomic E-state index is 0.0371. The molecule has 2 aromatic rings. The minimum atomic E-state index is -0.0424. The molecule has 0 spiro atoms. The first-order valence-corrected chi connectivity index (χ1v) is 9.00. The third kappa shape index (κ3) is 5.06. The smallest absolute Gasteiger partial charge is 0.224 e. The van der Waals surface area contributed by atoms with Crippen molar-refractivity contribution in [2.75, 3.05) is 17.2 Å². The van der Waals surface area contributed by atoms with E-state index in [0.717, 1.165) is 27.2 Å². The number of anilines is 2. The van der Waals surface area contributed by atoms with Crippen molar-refractivity contribution in [1.29, 1.82) is 0 Å². The number of carbonyl (C=O) groups is 2. The summed E-state index contributed by atoms with van der Waals surface area (Å²) >= 11 is 3.37. The first kappa shape index (κ1) is 17.5. The van der Waals surface area contributed by atoms with E-state index in [1.165, 1.54) is 0 Å². The summed E-state index contributed by atoms with van der Waals surface area (Å²) in [7, 11) is 0. The quantitative estimate of drug-likeness (QED) is 0.713. The normalized spacial score (nSPS) is 12.9. The van der Waals surface area contributed by atoms with E-state index in [4.69, 9.17) is 4.74 Å². The third-order valence-electron chi connectivity index (χ3n) is 3.92. The van der Waals surface area contributed by atoms with Gasteiger partial charge in [-0.15, -0.1) is 0 Å². The van der Waals surface area contributed by atoms with Gasteiger partial charge in [0.2, 0.25) is 11.8 Å². The van der Waals surface area contributed by atoms with Crippen molar-refractivity contribution in [1.82, 2.24) is 0 Å². The van der Waals surface area contributed by atoms with Crippen LogP contribution in [0.1, 0.15) is 24.8 Å². The van der Waals surface area contributed by atoms with Crippen LogP contribution in [0.15, 0.2) is 46.9 Å². The molecule has 6 heteroatoms. The minimum Gasteiger partial charge on any atom is -0.494 e. The van der Waals surface area contributed by atoms with Crippen LogP contribution >= 0.6 is 15.9 Å². The highest BCUT2D eigenvalue weighted by Gasteiger charge is 2.15. The molecular weight excluding hydrogens is 384 g/mol. The second kappa shape index (κ2) is 8.16. The number of ether oxygens (including phenoxy) is 1. The summed E-state index contributed by atoms with van der Waals surface area (Å²) in [5.74, 6) is 0.787. The van der Waals surface area contributed by atoms with E-state index < -0.39 is 0 Å². The zero-order valence-corrected chi connectivity index (χ0v) is 15.3. The van der Waals surface area contributed by atoms with Crippen LogP contribution in [0.3, 0.4) is 0 Å². The van der Waals surface area contributed by atoms with Crippen LogP contribution in [0, 0.1) is 0 Å². The SMILES string of the molecule is O=C(CCCOc1ccc(Br)cc1)Nc1ccc2c(c1)CCC(=O)N2. The van der Waals surface area contributed by atoms with Gasteiger partial charge in [-0.3, -0.25) is 9.59 Å². The standard InChI is InChI=1S/C19H19BrN2O3/c20-14-4-7-16(8-5-14)25-11-1-2-18(23)21-15-6-9-17-13(12-15)3-10-19(24)22-17/h4-9,12H,1-3,10-11H2,(H,21,23)(H,22,24). The van der Waals surface area contributed by atoms with E-state index in [1.807, 2.05) is 36.4 Å². The fourth-order valence-corrected chi connectivity index (χ4v) is 2.90. The summed E-state index contributed by atoms with van der Waals surface area (Å²) in [5, 5.41) is 5.73. The van der Waals surface area contributed by atoms with Crippen molar-refractivity contribution in [2.45, 2.75) is 25.7 Å². The molecule has 0 aromatic heterocycles. The van der Waals surface area contributed by atoms with Crippen LogP contribution in [0.4, 0.5) is 11.4 Å².